The number of carbonyl (C=O) groups is 3. The monoisotopic (exact) mass is 574 g/mol. The summed E-state index contributed by atoms with van der Waals surface area (Å²) in [5, 5.41) is 27.2. The summed E-state index contributed by atoms with van der Waals surface area (Å²) in [6.07, 6.45) is 1.04. The number of anilines is 1. The van der Waals surface area contributed by atoms with Crippen LogP contribution in [0.15, 0.2) is 72.8 Å². The van der Waals surface area contributed by atoms with E-state index in [-0.39, 0.29) is 35.3 Å². The van der Waals surface area contributed by atoms with Crippen molar-refractivity contribution in [2.75, 3.05) is 18.4 Å². The topological polar surface area (TPSA) is 140 Å². The number of aromatic carboxylic acids is 1. The van der Waals surface area contributed by atoms with Crippen LogP contribution in [0.2, 0.25) is 0 Å². The second-order valence-electron chi connectivity index (χ2n) is 11.5. The average Bonchev–Trinajstić information content (AvgIpc) is 3.36. The lowest BCUT2D eigenvalue weighted by Gasteiger charge is -2.23. The van der Waals surface area contributed by atoms with Crippen molar-refractivity contribution in [3.8, 4) is 11.5 Å². The molecule has 3 amide bonds. The molecule has 0 aliphatic carbocycles. The van der Waals surface area contributed by atoms with Crippen molar-refractivity contribution < 1.29 is 29.3 Å². The number of hydrogen-bond donors (Lipinski definition) is 5. The summed E-state index contributed by atoms with van der Waals surface area (Å²) in [6.45, 7) is 8.09. The van der Waals surface area contributed by atoms with E-state index in [1.54, 1.807) is 12.1 Å². The molecule has 0 spiro atoms. The number of aromatic hydroxyl groups is 1. The molecule has 2 atom stereocenters. The van der Waals surface area contributed by atoms with Gasteiger partial charge in [-0.15, -0.1) is 0 Å². The number of amides is 3. The Bertz CT molecular complexity index is 1370. The Morgan fingerprint density at radius 2 is 1.60 bits per heavy atom. The highest BCUT2D eigenvalue weighted by atomic mass is 16.5. The van der Waals surface area contributed by atoms with Crippen molar-refractivity contribution >= 4 is 23.6 Å². The van der Waals surface area contributed by atoms with Gasteiger partial charge in [-0.25, -0.2) is 9.59 Å². The summed E-state index contributed by atoms with van der Waals surface area (Å²) in [4.78, 5) is 39.7. The summed E-state index contributed by atoms with van der Waals surface area (Å²) < 4.78 is 5.90. The van der Waals surface area contributed by atoms with Gasteiger partial charge in [0.1, 0.15) is 23.1 Å². The molecule has 1 aliphatic rings. The fraction of sp³-hybridized carbons (Fsp3) is 0.344. The smallest absolute Gasteiger partial charge is 0.335 e. The van der Waals surface area contributed by atoms with E-state index in [2.05, 4.69) is 20.9 Å². The minimum absolute atomic E-state index is 0.0758. The average molecular weight is 575 g/mol. The van der Waals surface area contributed by atoms with Gasteiger partial charge in [0.2, 0.25) is 5.91 Å². The second-order valence-corrected chi connectivity index (χ2v) is 11.5. The Labute approximate surface area is 245 Å². The van der Waals surface area contributed by atoms with Crippen molar-refractivity contribution in [1.29, 1.82) is 0 Å². The van der Waals surface area contributed by atoms with Gasteiger partial charge in [0, 0.05) is 37.8 Å². The molecule has 0 saturated carbocycles. The van der Waals surface area contributed by atoms with Crippen molar-refractivity contribution in [1.82, 2.24) is 15.5 Å². The number of rotatable bonds is 10. The van der Waals surface area contributed by atoms with Crippen LogP contribution in [-0.4, -0.2) is 63.8 Å². The summed E-state index contributed by atoms with van der Waals surface area (Å²) in [7, 11) is 0. The number of carboxylic acids is 1. The molecule has 1 unspecified atom stereocenters. The van der Waals surface area contributed by atoms with Gasteiger partial charge in [-0.1, -0.05) is 24.3 Å². The predicted octanol–water partition coefficient (Wildman–Crippen LogP) is 4.39. The maximum Gasteiger partial charge on any atom is 0.335 e. The van der Waals surface area contributed by atoms with E-state index >= 15 is 0 Å². The van der Waals surface area contributed by atoms with Crippen LogP contribution in [0.5, 0.6) is 11.5 Å². The maximum atomic E-state index is 13.5. The molecule has 1 saturated heterocycles. The van der Waals surface area contributed by atoms with Gasteiger partial charge in [0.15, 0.2) is 0 Å². The normalized spacial score (nSPS) is 15.9. The van der Waals surface area contributed by atoms with Gasteiger partial charge in [-0.3, -0.25) is 9.69 Å². The zero-order valence-corrected chi connectivity index (χ0v) is 24.1. The lowest BCUT2D eigenvalue weighted by Crippen LogP contribution is -2.52. The van der Waals surface area contributed by atoms with E-state index in [1.165, 1.54) is 24.3 Å². The third kappa shape index (κ3) is 9.24. The van der Waals surface area contributed by atoms with Crippen molar-refractivity contribution in [2.45, 2.75) is 57.8 Å². The Morgan fingerprint density at radius 1 is 0.952 bits per heavy atom. The highest BCUT2D eigenvalue weighted by Gasteiger charge is 2.28. The Balaban J connectivity index is 1.40. The summed E-state index contributed by atoms with van der Waals surface area (Å²) in [5.41, 5.74) is 2.09. The predicted molar refractivity (Wildman–Crippen MR) is 160 cm³/mol. The number of carboxylic acid groups (broad SMARTS) is 1. The standard InChI is InChI=1S/C32H38N4O6/c1-32(2,3)42-27-14-6-21(7-15-27)18-28(35-31(41)34-24-10-8-23(9-11-24)30(39)40)29(38)33-25-16-17-36(20-25)19-22-4-12-26(37)13-5-22/h4-15,25,28,37H,16-20H2,1-3H3,(H,33,38)(H,39,40)(H2,34,35,41)/t25?,28-/m0/s1. The molecule has 10 nitrogen and oxygen atoms in total. The molecule has 1 heterocycles. The van der Waals surface area contributed by atoms with Gasteiger partial charge in [0.25, 0.3) is 0 Å². The van der Waals surface area contributed by atoms with E-state index in [0.717, 1.165) is 24.1 Å². The Kier molecular flexibility index (Phi) is 9.69. The van der Waals surface area contributed by atoms with Crippen molar-refractivity contribution in [3.05, 3.63) is 89.5 Å². The van der Waals surface area contributed by atoms with E-state index in [4.69, 9.17) is 9.84 Å². The summed E-state index contributed by atoms with van der Waals surface area (Å²) in [6, 6.07) is 18.8. The molecule has 0 aromatic heterocycles. The van der Waals surface area contributed by atoms with Gasteiger partial charge >= 0.3 is 12.0 Å². The maximum absolute atomic E-state index is 13.5. The van der Waals surface area contributed by atoms with Gasteiger partial charge in [-0.05, 0) is 86.8 Å². The number of phenols is 1. The number of phenolic OH excluding ortho intramolecular Hbond substituents is 1. The van der Waals surface area contributed by atoms with Crippen molar-refractivity contribution in [3.63, 3.8) is 0 Å². The molecule has 3 aromatic carbocycles. The third-order valence-electron chi connectivity index (χ3n) is 6.76. The first-order valence-corrected chi connectivity index (χ1v) is 13.9. The lowest BCUT2D eigenvalue weighted by atomic mass is 10.0. The molecular formula is C32H38N4O6. The van der Waals surface area contributed by atoms with Crippen LogP contribution in [0.25, 0.3) is 0 Å². The number of urea groups is 1. The molecule has 4 rings (SSSR count). The molecule has 222 valence electrons. The molecular weight excluding hydrogens is 536 g/mol. The molecule has 1 aliphatic heterocycles. The molecule has 5 N–H and O–H groups in total. The highest BCUT2D eigenvalue weighted by molar-refractivity contribution is 5.94. The third-order valence-corrected chi connectivity index (χ3v) is 6.76. The van der Waals surface area contributed by atoms with Gasteiger partial charge in [0.05, 0.1) is 5.56 Å². The van der Waals surface area contributed by atoms with E-state index in [1.807, 2.05) is 57.2 Å². The van der Waals surface area contributed by atoms with Crippen LogP contribution in [0.4, 0.5) is 10.5 Å². The summed E-state index contributed by atoms with van der Waals surface area (Å²) >= 11 is 0. The first-order valence-electron chi connectivity index (χ1n) is 13.9. The van der Waals surface area contributed by atoms with Crippen LogP contribution >= 0.6 is 0 Å². The number of ether oxygens (including phenoxy) is 1. The number of carbonyl (C=O) groups excluding carboxylic acids is 2. The Morgan fingerprint density at radius 3 is 2.21 bits per heavy atom. The van der Waals surface area contributed by atoms with Gasteiger partial charge < -0.3 is 30.9 Å². The molecule has 0 radical (unpaired) electrons. The van der Waals surface area contributed by atoms with E-state index in [0.29, 0.717) is 24.5 Å². The van der Waals surface area contributed by atoms with Crippen LogP contribution in [0, 0.1) is 0 Å². The van der Waals surface area contributed by atoms with E-state index < -0.39 is 18.0 Å². The number of nitrogens with zero attached hydrogens (tertiary/aromatic N) is 1. The quantitative estimate of drug-likeness (QED) is 0.242. The molecule has 1 fully saturated rings. The zero-order chi connectivity index (χ0) is 30.3. The fourth-order valence-electron chi connectivity index (χ4n) is 4.77. The van der Waals surface area contributed by atoms with Crippen LogP contribution in [0.3, 0.4) is 0 Å². The number of likely N-dealkylation sites (tertiary alicyclic amines) is 1. The second kappa shape index (κ2) is 13.4. The molecule has 42 heavy (non-hydrogen) atoms. The molecule has 0 bridgehead atoms. The first-order chi connectivity index (χ1) is 19.9. The lowest BCUT2D eigenvalue weighted by molar-refractivity contribution is -0.123. The van der Waals surface area contributed by atoms with E-state index in [9.17, 15) is 19.5 Å². The molecule has 10 heteroatoms. The number of hydrogen-bond acceptors (Lipinski definition) is 6. The Hall–Kier alpha value is -4.57. The summed E-state index contributed by atoms with van der Waals surface area (Å²) in [5.74, 6) is -0.419. The largest absolute Gasteiger partial charge is 0.508 e. The van der Waals surface area contributed by atoms with Gasteiger partial charge in [-0.2, -0.15) is 0 Å². The van der Waals surface area contributed by atoms with Crippen LogP contribution in [-0.2, 0) is 17.8 Å². The first kappa shape index (κ1) is 30.4. The SMILES string of the molecule is CC(C)(C)Oc1ccc(C[C@H](NC(=O)Nc2ccc(C(=O)O)cc2)C(=O)NC2CCN(Cc3ccc(O)cc3)C2)cc1. The van der Waals surface area contributed by atoms with Crippen LogP contribution < -0.4 is 20.7 Å². The number of nitrogens with one attached hydrogen (secondary N) is 3. The molecule has 3 aromatic rings. The highest BCUT2D eigenvalue weighted by Crippen LogP contribution is 2.20. The fourth-order valence-corrected chi connectivity index (χ4v) is 4.77. The zero-order valence-electron chi connectivity index (χ0n) is 24.1. The minimum Gasteiger partial charge on any atom is -0.508 e. The minimum atomic E-state index is -1.06. The number of benzene rings is 3. The van der Waals surface area contributed by atoms with Crippen molar-refractivity contribution in [2.24, 2.45) is 0 Å². The van der Waals surface area contributed by atoms with Crippen LogP contribution in [0.1, 0.15) is 48.7 Å².